The van der Waals surface area contributed by atoms with Crippen LogP contribution in [0.5, 0.6) is 5.88 Å². The number of benzene rings is 1. The van der Waals surface area contributed by atoms with Gasteiger partial charge in [-0.05, 0) is 50.5 Å². The van der Waals surface area contributed by atoms with E-state index in [2.05, 4.69) is 16.9 Å². The maximum Gasteiger partial charge on any atom is 0.253 e. The SMILES string of the molecule is CC1CN(c2nccc(S(=O)(=O)c3cccc(OCc4ccc(Cl)cc4F)n3)c2C(N)=O)C(C)(C)C1. The Hall–Kier alpha value is -3.24. The van der Waals surface area contributed by atoms with Crippen molar-refractivity contribution in [1.29, 1.82) is 0 Å². The fourth-order valence-corrected chi connectivity index (χ4v) is 6.13. The second kappa shape index (κ2) is 9.67. The summed E-state index contributed by atoms with van der Waals surface area (Å²) in [7, 11) is -4.29. The highest BCUT2D eigenvalue weighted by molar-refractivity contribution is 7.91. The number of carbonyl (C=O) groups is 1. The van der Waals surface area contributed by atoms with Crippen LogP contribution in [0, 0.1) is 11.7 Å². The second-order valence-corrected chi connectivity index (χ2v) is 11.7. The summed E-state index contributed by atoms with van der Waals surface area (Å²) in [5.74, 6) is -0.944. The van der Waals surface area contributed by atoms with Crippen molar-refractivity contribution in [1.82, 2.24) is 9.97 Å². The number of amides is 1. The number of nitrogens with two attached hydrogens (primary N) is 1. The Balaban J connectivity index is 1.70. The van der Waals surface area contributed by atoms with Gasteiger partial charge in [-0.25, -0.2) is 22.8 Å². The van der Waals surface area contributed by atoms with E-state index in [0.29, 0.717) is 12.5 Å². The van der Waals surface area contributed by atoms with E-state index < -0.39 is 21.6 Å². The van der Waals surface area contributed by atoms with Gasteiger partial charge in [0, 0.05) is 34.9 Å². The topological polar surface area (TPSA) is 115 Å². The molecule has 2 aromatic heterocycles. The predicted molar refractivity (Wildman–Crippen MR) is 133 cm³/mol. The van der Waals surface area contributed by atoms with Gasteiger partial charge in [0.05, 0.1) is 4.90 Å². The summed E-state index contributed by atoms with van der Waals surface area (Å²) < 4.78 is 46.9. The van der Waals surface area contributed by atoms with Crippen molar-refractivity contribution in [2.75, 3.05) is 11.4 Å². The van der Waals surface area contributed by atoms with Crippen molar-refractivity contribution in [2.45, 2.75) is 49.3 Å². The zero-order valence-electron chi connectivity index (χ0n) is 20.0. The molecule has 3 aromatic rings. The second-order valence-electron chi connectivity index (χ2n) is 9.45. The van der Waals surface area contributed by atoms with Gasteiger partial charge in [0.15, 0.2) is 5.03 Å². The van der Waals surface area contributed by atoms with Gasteiger partial charge < -0.3 is 15.4 Å². The first-order valence-electron chi connectivity index (χ1n) is 11.3. The molecule has 1 atom stereocenters. The third-order valence-electron chi connectivity index (χ3n) is 6.12. The summed E-state index contributed by atoms with van der Waals surface area (Å²) in [4.78, 5) is 22.6. The van der Waals surface area contributed by atoms with Gasteiger partial charge in [-0.1, -0.05) is 30.7 Å². The summed E-state index contributed by atoms with van der Waals surface area (Å²) in [6.45, 7) is 6.52. The molecule has 1 aliphatic heterocycles. The van der Waals surface area contributed by atoms with Crippen LogP contribution in [0.2, 0.25) is 5.02 Å². The average molecular weight is 533 g/mol. The largest absolute Gasteiger partial charge is 0.473 e. The third-order valence-corrected chi connectivity index (χ3v) is 8.05. The normalized spacial score (nSPS) is 17.2. The first-order valence-corrected chi connectivity index (χ1v) is 13.1. The summed E-state index contributed by atoms with van der Waals surface area (Å²) in [6, 6.07) is 9.58. The van der Waals surface area contributed by atoms with Crippen LogP contribution in [0.3, 0.4) is 0 Å². The van der Waals surface area contributed by atoms with E-state index in [1.807, 2.05) is 18.7 Å². The van der Waals surface area contributed by atoms with Crippen molar-refractivity contribution < 1.29 is 22.3 Å². The Kier molecular flexibility index (Phi) is 6.94. The van der Waals surface area contributed by atoms with Crippen molar-refractivity contribution in [3.05, 3.63) is 70.6 Å². The lowest BCUT2D eigenvalue weighted by Gasteiger charge is -2.33. The summed E-state index contributed by atoms with van der Waals surface area (Å²) in [5, 5.41) is -0.0958. The molecule has 0 radical (unpaired) electrons. The number of halogens is 2. The first kappa shape index (κ1) is 25.8. The van der Waals surface area contributed by atoms with Crippen LogP contribution >= 0.6 is 11.6 Å². The molecule has 0 aliphatic carbocycles. The van der Waals surface area contributed by atoms with Crippen LogP contribution in [0.15, 0.2) is 58.6 Å². The lowest BCUT2D eigenvalue weighted by atomic mass is 9.97. The standard InChI is InChI=1S/C25H26ClFN4O4S/c1-15-12-25(2,3)31(13-15)24-22(23(28)32)19(9-10-29-24)36(33,34)21-6-4-5-20(30-21)35-14-16-7-8-17(26)11-18(16)27/h4-11,15H,12-14H2,1-3H3,(H2,28,32). The van der Waals surface area contributed by atoms with Gasteiger partial charge in [0.25, 0.3) is 5.91 Å². The molecule has 1 amide bonds. The van der Waals surface area contributed by atoms with Crippen molar-refractivity contribution in [3.63, 3.8) is 0 Å². The highest BCUT2D eigenvalue weighted by Crippen LogP contribution is 2.39. The first-order chi connectivity index (χ1) is 16.9. The highest BCUT2D eigenvalue weighted by atomic mass is 35.5. The smallest absolute Gasteiger partial charge is 0.253 e. The lowest BCUT2D eigenvalue weighted by Crippen LogP contribution is -2.40. The number of pyridine rings is 2. The molecule has 1 saturated heterocycles. The van der Waals surface area contributed by atoms with Gasteiger partial charge in [-0.2, -0.15) is 0 Å². The number of sulfone groups is 1. The minimum atomic E-state index is -4.29. The Morgan fingerprint density at radius 1 is 1.28 bits per heavy atom. The van der Waals surface area contributed by atoms with Crippen LogP contribution in [0.4, 0.5) is 10.2 Å². The Labute approximate surface area is 214 Å². The fourth-order valence-electron chi connectivity index (χ4n) is 4.58. The van der Waals surface area contributed by atoms with E-state index in [0.717, 1.165) is 12.5 Å². The van der Waals surface area contributed by atoms with Gasteiger partial charge in [0.1, 0.15) is 23.8 Å². The molecule has 1 unspecified atom stereocenters. The van der Waals surface area contributed by atoms with Crippen LogP contribution < -0.4 is 15.4 Å². The number of rotatable bonds is 7. The van der Waals surface area contributed by atoms with Gasteiger partial charge in [-0.3, -0.25) is 4.79 Å². The van der Waals surface area contributed by atoms with E-state index in [4.69, 9.17) is 22.1 Å². The average Bonchev–Trinajstić information content (AvgIpc) is 3.09. The Morgan fingerprint density at radius 3 is 2.67 bits per heavy atom. The maximum atomic E-state index is 14.1. The van der Waals surface area contributed by atoms with Crippen LogP contribution in [-0.4, -0.2) is 36.4 Å². The molecule has 8 nitrogen and oxygen atoms in total. The molecular weight excluding hydrogens is 507 g/mol. The monoisotopic (exact) mass is 532 g/mol. The third kappa shape index (κ3) is 5.01. The number of hydrogen-bond donors (Lipinski definition) is 1. The van der Waals surface area contributed by atoms with E-state index >= 15 is 0 Å². The number of primary amides is 1. The van der Waals surface area contributed by atoms with E-state index in [1.54, 1.807) is 0 Å². The molecule has 190 valence electrons. The Bertz CT molecular complexity index is 1430. The zero-order valence-corrected chi connectivity index (χ0v) is 21.6. The molecule has 36 heavy (non-hydrogen) atoms. The van der Waals surface area contributed by atoms with E-state index in [1.165, 1.54) is 42.6 Å². The van der Waals surface area contributed by atoms with Gasteiger partial charge >= 0.3 is 0 Å². The molecule has 3 heterocycles. The van der Waals surface area contributed by atoms with Crippen LogP contribution in [0.25, 0.3) is 0 Å². The summed E-state index contributed by atoms with van der Waals surface area (Å²) in [5.41, 5.74) is 5.39. The number of ether oxygens (including phenoxy) is 1. The van der Waals surface area contributed by atoms with Gasteiger partial charge in [-0.15, -0.1) is 0 Å². The number of carbonyl (C=O) groups excluding carboxylic acids is 1. The van der Waals surface area contributed by atoms with Crippen LogP contribution in [-0.2, 0) is 16.4 Å². The molecule has 1 fully saturated rings. The molecule has 0 saturated carbocycles. The highest BCUT2D eigenvalue weighted by Gasteiger charge is 2.40. The van der Waals surface area contributed by atoms with Crippen molar-refractivity contribution in [2.24, 2.45) is 11.7 Å². The van der Waals surface area contributed by atoms with Crippen molar-refractivity contribution in [3.8, 4) is 5.88 Å². The molecule has 2 N–H and O–H groups in total. The summed E-state index contributed by atoms with van der Waals surface area (Å²) in [6.07, 6.45) is 2.19. The molecular formula is C25H26ClFN4O4S. The fraction of sp³-hybridized carbons (Fsp3) is 0.320. The lowest BCUT2D eigenvalue weighted by molar-refractivity contribution is 0.0997. The molecule has 0 spiro atoms. The quantitative estimate of drug-likeness (QED) is 0.479. The number of hydrogen-bond acceptors (Lipinski definition) is 7. The van der Waals surface area contributed by atoms with Crippen molar-refractivity contribution >= 4 is 33.2 Å². The minimum absolute atomic E-state index is 0.0326. The number of nitrogens with zero attached hydrogens (tertiary/aromatic N) is 3. The number of aromatic nitrogens is 2. The van der Waals surface area contributed by atoms with E-state index in [9.17, 15) is 17.6 Å². The van der Waals surface area contributed by atoms with Crippen LogP contribution in [0.1, 0.15) is 43.1 Å². The zero-order chi connectivity index (χ0) is 26.3. The molecule has 1 aliphatic rings. The molecule has 0 bridgehead atoms. The minimum Gasteiger partial charge on any atom is -0.473 e. The van der Waals surface area contributed by atoms with Gasteiger partial charge in [0.2, 0.25) is 15.7 Å². The molecule has 1 aromatic carbocycles. The number of anilines is 1. The van der Waals surface area contributed by atoms with E-state index in [-0.39, 0.29) is 49.9 Å². The Morgan fingerprint density at radius 2 is 2.03 bits per heavy atom. The predicted octanol–water partition coefficient (Wildman–Crippen LogP) is 4.40. The molecule has 11 heteroatoms. The molecule has 4 rings (SSSR count). The maximum absolute atomic E-state index is 14.1. The summed E-state index contributed by atoms with van der Waals surface area (Å²) >= 11 is 5.77.